The molecule has 2 atom stereocenters. The van der Waals surface area contributed by atoms with E-state index in [1.165, 1.54) is 0 Å². The summed E-state index contributed by atoms with van der Waals surface area (Å²) in [7, 11) is 0. The smallest absolute Gasteiger partial charge is 0.320 e. The summed E-state index contributed by atoms with van der Waals surface area (Å²) in [6.07, 6.45) is 3.27. The number of halogens is 1. The van der Waals surface area contributed by atoms with Gasteiger partial charge in [-0.1, -0.05) is 26.8 Å². The molecule has 0 amide bonds. The highest BCUT2D eigenvalue weighted by atomic mass is 79.9. The van der Waals surface area contributed by atoms with Crippen molar-refractivity contribution in [2.24, 2.45) is 5.41 Å². The summed E-state index contributed by atoms with van der Waals surface area (Å²) < 4.78 is 0.785. The summed E-state index contributed by atoms with van der Waals surface area (Å²) in [4.78, 5) is 15.5. The number of aliphatic carboxylic acids is 1. The molecular formula is C14H19BrN2O2. The van der Waals surface area contributed by atoms with Crippen molar-refractivity contribution in [2.45, 2.75) is 45.2 Å². The summed E-state index contributed by atoms with van der Waals surface area (Å²) >= 11 is 3.33. The number of hydrogen-bond acceptors (Lipinski definition) is 3. The van der Waals surface area contributed by atoms with Crippen LogP contribution in [0.4, 0.5) is 0 Å². The van der Waals surface area contributed by atoms with E-state index in [0.29, 0.717) is 6.42 Å². The molecule has 2 rings (SSSR count). The molecule has 1 saturated heterocycles. The zero-order valence-electron chi connectivity index (χ0n) is 11.4. The van der Waals surface area contributed by atoms with E-state index < -0.39 is 12.0 Å². The fourth-order valence-electron chi connectivity index (χ4n) is 2.87. The van der Waals surface area contributed by atoms with Crippen LogP contribution in [0.25, 0.3) is 0 Å². The fourth-order valence-corrected chi connectivity index (χ4v) is 3.10. The Bertz CT molecular complexity index is 481. The highest BCUT2D eigenvalue weighted by Crippen LogP contribution is 2.46. The first-order valence-corrected chi connectivity index (χ1v) is 7.18. The summed E-state index contributed by atoms with van der Waals surface area (Å²) in [6.45, 7) is 6.39. The molecule has 0 spiro atoms. The maximum absolute atomic E-state index is 11.2. The number of pyridine rings is 1. The van der Waals surface area contributed by atoms with Gasteiger partial charge in [-0.3, -0.25) is 10.1 Å². The molecule has 0 aliphatic carbocycles. The first-order valence-electron chi connectivity index (χ1n) is 6.39. The van der Waals surface area contributed by atoms with Crippen molar-refractivity contribution in [3.63, 3.8) is 0 Å². The van der Waals surface area contributed by atoms with Gasteiger partial charge in [0.1, 0.15) is 10.6 Å². The number of carboxylic acids is 1. The van der Waals surface area contributed by atoms with Crippen molar-refractivity contribution in [3.8, 4) is 0 Å². The Morgan fingerprint density at radius 1 is 1.53 bits per heavy atom. The predicted octanol–water partition coefficient (Wildman–Crippen LogP) is 2.92. The number of rotatable bonds is 2. The van der Waals surface area contributed by atoms with Gasteiger partial charge in [0.2, 0.25) is 0 Å². The first-order chi connectivity index (χ1) is 8.76. The molecule has 0 aromatic carbocycles. The second-order valence-corrected chi connectivity index (χ2v) is 6.91. The van der Waals surface area contributed by atoms with Gasteiger partial charge in [0.15, 0.2) is 0 Å². The molecule has 4 nitrogen and oxygen atoms in total. The Balaban J connectivity index is 2.43. The van der Waals surface area contributed by atoms with Crippen LogP contribution in [0.3, 0.4) is 0 Å². The molecule has 0 saturated carbocycles. The van der Waals surface area contributed by atoms with E-state index in [1.54, 1.807) is 0 Å². The number of aromatic nitrogens is 1. The average Bonchev–Trinajstić information content (AvgIpc) is 2.75. The lowest BCUT2D eigenvalue weighted by Gasteiger charge is -2.43. The van der Waals surface area contributed by atoms with Crippen LogP contribution in [0.2, 0.25) is 0 Å². The van der Waals surface area contributed by atoms with Gasteiger partial charge in [-0.05, 0) is 45.8 Å². The summed E-state index contributed by atoms with van der Waals surface area (Å²) in [5.41, 5.74) is 0.614. The third-order valence-electron chi connectivity index (χ3n) is 4.03. The van der Waals surface area contributed by atoms with Gasteiger partial charge < -0.3 is 5.11 Å². The lowest BCUT2D eigenvalue weighted by atomic mass is 9.69. The SMILES string of the molecule is CC(C)(C)C1(c2ccc(Br)nc2)CCC(C(=O)O)N1. The standard InChI is InChI=1S/C14H19BrN2O2/c1-13(2,3)14(7-6-10(17-14)12(18)19)9-4-5-11(15)16-8-9/h4-5,8,10,17H,6-7H2,1-3H3,(H,18,19). The van der Waals surface area contributed by atoms with Crippen molar-refractivity contribution in [1.82, 2.24) is 10.3 Å². The second kappa shape index (κ2) is 4.87. The van der Waals surface area contributed by atoms with E-state index in [0.717, 1.165) is 16.6 Å². The Labute approximate surface area is 121 Å². The molecule has 1 aliphatic heterocycles. The highest BCUT2D eigenvalue weighted by Gasteiger charge is 2.50. The molecule has 1 fully saturated rings. The number of carbonyl (C=O) groups is 1. The first kappa shape index (κ1) is 14.5. The number of carboxylic acid groups (broad SMARTS) is 1. The van der Waals surface area contributed by atoms with Gasteiger partial charge in [-0.2, -0.15) is 0 Å². The van der Waals surface area contributed by atoms with E-state index in [9.17, 15) is 9.90 Å². The normalized spacial score (nSPS) is 27.5. The summed E-state index contributed by atoms with van der Waals surface area (Å²) in [6, 6.07) is 3.43. The summed E-state index contributed by atoms with van der Waals surface area (Å²) in [5.74, 6) is -0.781. The quantitative estimate of drug-likeness (QED) is 0.820. The maximum atomic E-state index is 11.2. The minimum atomic E-state index is -0.781. The minimum Gasteiger partial charge on any atom is -0.480 e. The molecule has 2 unspecified atom stereocenters. The van der Waals surface area contributed by atoms with Crippen molar-refractivity contribution in [1.29, 1.82) is 0 Å². The Morgan fingerprint density at radius 2 is 2.21 bits per heavy atom. The molecule has 5 heteroatoms. The van der Waals surface area contributed by atoms with Crippen LogP contribution < -0.4 is 5.32 Å². The average molecular weight is 327 g/mol. The van der Waals surface area contributed by atoms with Crippen LogP contribution in [0, 0.1) is 5.41 Å². The van der Waals surface area contributed by atoms with Crippen LogP contribution in [0.15, 0.2) is 22.9 Å². The zero-order chi connectivity index (χ0) is 14.3. The van der Waals surface area contributed by atoms with Crippen LogP contribution in [0.5, 0.6) is 0 Å². The third-order valence-corrected chi connectivity index (χ3v) is 4.50. The zero-order valence-corrected chi connectivity index (χ0v) is 13.0. The van der Waals surface area contributed by atoms with Gasteiger partial charge >= 0.3 is 5.97 Å². The molecule has 0 radical (unpaired) electrons. The third kappa shape index (κ3) is 2.54. The van der Waals surface area contributed by atoms with E-state index >= 15 is 0 Å². The van der Waals surface area contributed by atoms with Crippen molar-refractivity contribution in [3.05, 3.63) is 28.5 Å². The Hall–Kier alpha value is -0.940. The minimum absolute atomic E-state index is 0.0906. The van der Waals surface area contributed by atoms with Gasteiger partial charge in [0.05, 0.1) is 5.54 Å². The predicted molar refractivity (Wildman–Crippen MR) is 76.9 cm³/mol. The molecule has 1 aromatic heterocycles. The monoisotopic (exact) mass is 326 g/mol. The van der Waals surface area contributed by atoms with Crippen LogP contribution in [0.1, 0.15) is 39.2 Å². The molecule has 2 N–H and O–H groups in total. The van der Waals surface area contributed by atoms with Crippen molar-refractivity contribution >= 4 is 21.9 Å². The van der Waals surface area contributed by atoms with E-state index in [-0.39, 0.29) is 11.0 Å². The molecule has 2 heterocycles. The molecule has 104 valence electrons. The fraction of sp³-hybridized carbons (Fsp3) is 0.571. The molecule has 1 aliphatic rings. The lowest BCUT2D eigenvalue weighted by Crippen LogP contribution is -2.51. The molecule has 0 bridgehead atoms. The Morgan fingerprint density at radius 3 is 2.63 bits per heavy atom. The van der Waals surface area contributed by atoms with Crippen LogP contribution in [-0.4, -0.2) is 22.1 Å². The number of nitrogens with one attached hydrogen (secondary N) is 1. The summed E-state index contributed by atoms with van der Waals surface area (Å²) in [5, 5.41) is 12.5. The maximum Gasteiger partial charge on any atom is 0.320 e. The molecule has 19 heavy (non-hydrogen) atoms. The van der Waals surface area contributed by atoms with Gasteiger partial charge in [0, 0.05) is 6.20 Å². The van der Waals surface area contributed by atoms with Crippen molar-refractivity contribution < 1.29 is 9.90 Å². The van der Waals surface area contributed by atoms with Crippen LogP contribution in [-0.2, 0) is 10.3 Å². The van der Waals surface area contributed by atoms with Gasteiger partial charge in [-0.25, -0.2) is 4.98 Å². The van der Waals surface area contributed by atoms with Crippen molar-refractivity contribution in [2.75, 3.05) is 0 Å². The van der Waals surface area contributed by atoms with E-state index in [1.807, 2.05) is 18.3 Å². The topological polar surface area (TPSA) is 62.2 Å². The lowest BCUT2D eigenvalue weighted by molar-refractivity contribution is -0.139. The molecular weight excluding hydrogens is 308 g/mol. The van der Waals surface area contributed by atoms with Crippen LogP contribution >= 0.6 is 15.9 Å². The van der Waals surface area contributed by atoms with E-state index in [2.05, 4.69) is 47.0 Å². The highest BCUT2D eigenvalue weighted by molar-refractivity contribution is 9.10. The molecule has 1 aromatic rings. The largest absolute Gasteiger partial charge is 0.480 e. The Kier molecular flexibility index (Phi) is 3.71. The van der Waals surface area contributed by atoms with Gasteiger partial charge in [0.25, 0.3) is 0 Å². The van der Waals surface area contributed by atoms with Gasteiger partial charge in [-0.15, -0.1) is 0 Å². The van der Waals surface area contributed by atoms with E-state index in [4.69, 9.17) is 0 Å². The second-order valence-electron chi connectivity index (χ2n) is 6.10. The number of nitrogens with zero attached hydrogens (tertiary/aromatic N) is 1. The number of hydrogen-bond donors (Lipinski definition) is 2.